The van der Waals surface area contributed by atoms with Crippen LogP contribution >= 0.6 is 0 Å². The third kappa shape index (κ3) is 10.5. The van der Waals surface area contributed by atoms with Gasteiger partial charge in [0.25, 0.3) is 0 Å². The Hall–Kier alpha value is -10.7. The van der Waals surface area contributed by atoms with E-state index in [0.29, 0.717) is 0 Å². The van der Waals surface area contributed by atoms with Crippen LogP contribution in [0.15, 0.2) is 303 Å². The molecule has 0 N–H and O–H groups in total. The molecule has 0 saturated carbocycles. The summed E-state index contributed by atoms with van der Waals surface area (Å²) in [5.74, 6) is 2.88. The van der Waals surface area contributed by atoms with Crippen LogP contribution in [0.1, 0.15) is 45.2 Å². The van der Waals surface area contributed by atoms with Gasteiger partial charge in [-0.2, -0.15) is 0 Å². The predicted octanol–water partition coefficient (Wildman–Crippen LogP) is 20.8. The molecule has 0 bridgehead atoms. The van der Waals surface area contributed by atoms with Crippen molar-refractivity contribution in [1.29, 1.82) is 0 Å². The topological polar surface area (TPSA) is 36.9 Å². The van der Waals surface area contributed by atoms with Gasteiger partial charge in [-0.15, -0.1) is 0 Å². The molecule has 4 heteroatoms. The van der Waals surface area contributed by atoms with Crippen LogP contribution in [0.2, 0.25) is 0 Å². The fraction of sp³-hybridized carbons (Fsp3) is 0.0732. The first kappa shape index (κ1) is 54.6. The molecule has 13 rings (SSSR count). The van der Waals surface area contributed by atoms with Crippen molar-refractivity contribution >= 4 is 22.3 Å². The standard InChI is InChI=1S/C82H64O4/c1-83-67-47-39-63(40-48-67)79-73(57-27-15-7-16-28-57)71(55-23-11-5-12-24-55)77(75(59-31-19-9-20-32-59)81(79)65-43-51-69(85-3)52-44-65)61-35-37-62(38-36-61)78-72(56-25-13-6-14-26-56)74(58-29-17-8-18-30-58)80(64-41-49-68(84-2)50-42-64)82(66-45-53-70(86-4)54-46-66)76(78)60-33-21-10-22-34-60/h5-54,79,81H,1-4H3. The van der Waals surface area contributed by atoms with Crippen molar-refractivity contribution in [3.05, 3.63) is 337 Å². The number of methoxy groups -OCH3 is 4. The van der Waals surface area contributed by atoms with E-state index in [1.165, 1.54) is 33.4 Å². The molecular formula is C82H64O4. The lowest BCUT2D eigenvalue weighted by molar-refractivity contribution is 0.414. The highest BCUT2D eigenvalue weighted by Gasteiger charge is 2.41. The number of benzene rings is 12. The summed E-state index contributed by atoms with van der Waals surface area (Å²) in [6.07, 6.45) is 0. The molecule has 12 aromatic rings. The molecule has 0 aromatic heterocycles. The van der Waals surface area contributed by atoms with Crippen LogP contribution in [-0.2, 0) is 0 Å². The van der Waals surface area contributed by atoms with Gasteiger partial charge in [0.15, 0.2) is 0 Å². The van der Waals surface area contributed by atoms with Crippen molar-refractivity contribution < 1.29 is 18.9 Å². The first-order valence-electron chi connectivity index (χ1n) is 29.3. The Morgan fingerprint density at radius 3 is 0.628 bits per heavy atom. The van der Waals surface area contributed by atoms with Gasteiger partial charge in [-0.25, -0.2) is 0 Å². The Labute approximate surface area is 505 Å². The van der Waals surface area contributed by atoms with Crippen LogP contribution in [0, 0.1) is 0 Å². The third-order valence-electron chi connectivity index (χ3n) is 16.8. The molecule has 0 heterocycles. The summed E-state index contributed by atoms with van der Waals surface area (Å²) in [5, 5.41) is 0. The first-order chi connectivity index (χ1) is 42.5. The van der Waals surface area contributed by atoms with Gasteiger partial charge in [0, 0.05) is 11.8 Å². The minimum atomic E-state index is -0.172. The molecule has 2 atom stereocenters. The van der Waals surface area contributed by atoms with Crippen molar-refractivity contribution in [3.8, 4) is 89.8 Å². The number of hydrogen-bond donors (Lipinski definition) is 0. The van der Waals surface area contributed by atoms with Crippen molar-refractivity contribution in [3.63, 3.8) is 0 Å². The van der Waals surface area contributed by atoms with Crippen LogP contribution in [0.25, 0.3) is 89.1 Å². The summed E-state index contributed by atoms with van der Waals surface area (Å²) in [4.78, 5) is 0. The fourth-order valence-electron chi connectivity index (χ4n) is 13.0. The van der Waals surface area contributed by atoms with Crippen molar-refractivity contribution in [2.24, 2.45) is 0 Å². The van der Waals surface area contributed by atoms with Crippen LogP contribution in [0.3, 0.4) is 0 Å². The average molecular weight is 1110 g/mol. The molecule has 2 unspecified atom stereocenters. The summed E-state index contributed by atoms with van der Waals surface area (Å²) in [6.45, 7) is 0. The normalized spacial score (nSPS) is 14.0. The average Bonchev–Trinajstić information content (AvgIpc) is 1.58. The van der Waals surface area contributed by atoms with Gasteiger partial charge in [0.2, 0.25) is 0 Å². The molecule has 0 fully saturated rings. The van der Waals surface area contributed by atoms with E-state index in [1.54, 1.807) is 28.4 Å². The lowest BCUT2D eigenvalue weighted by Crippen LogP contribution is -2.22. The van der Waals surface area contributed by atoms with E-state index in [4.69, 9.17) is 18.9 Å². The Kier molecular flexibility index (Phi) is 15.6. The quantitative estimate of drug-likeness (QED) is 0.0966. The molecule has 0 radical (unpaired) electrons. The van der Waals surface area contributed by atoms with Gasteiger partial charge in [-0.3, -0.25) is 0 Å². The predicted molar refractivity (Wildman–Crippen MR) is 357 cm³/mol. The molecule has 416 valence electrons. The van der Waals surface area contributed by atoms with E-state index in [9.17, 15) is 0 Å². The van der Waals surface area contributed by atoms with Crippen LogP contribution in [0.4, 0.5) is 0 Å². The van der Waals surface area contributed by atoms with E-state index in [-0.39, 0.29) is 11.8 Å². The third-order valence-corrected chi connectivity index (χ3v) is 16.8. The van der Waals surface area contributed by atoms with Crippen LogP contribution in [0.5, 0.6) is 23.0 Å². The molecular weight excluding hydrogens is 1050 g/mol. The van der Waals surface area contributed by atoms with Gasteiger partial charge in [-0.05, 0) is 171 Å². The second-order valence-electron chi connectivity index (χ2n) is 21.6. The monoisotopic (exact) mass is 1110 g/mol. The smallest absolute Gasteiger partial charge is 0.118 e. The minimum Gasteiger partial charge on any atom is -0.497 e. The highest BCUT2D eigenvalue weighted by molar-refractivity contribution is 6.26. The first-order valence-corrected chi connectivity index (χ1v) is 29.3. The van der Waals surface area contributed by atoms with Gasteiger partial charge in [0.05, 0.1) is 28.4 Å². The molecule has 0 spiro atoms. The molecule has 0 saturated heterocycles. The number of allylic oxidation sites excluding steroid dienone is 4. The summed E-state index contributed by atoms with van der Waals surface area (Å²) in [7, 11) is 6.92. The fourth-order valence-corrected chi connectivity index (χ4v) is 13.0. The lowest BCUT2D eigenvalue weighted by atomic mass is 9.61. The number of hydrogen-bond acceptors (Lipinski definition) is 4. The van der Waals surface area contributed by atoms with Gasteiger partial charge in [-0.1, -0.05) is 255 Å². The van der Waals surface area contributed by atoms with Gasteiger partial charge < -0.3 is 18.9 Å². The van der Waals surface area contributed by atoms with Crippen molar-refractivity contribution in [2.75, 3.05) is 28.4 Å². The molecule has 86 heavy (non-hydrogen) atoms. The zero-order valence-corrected chi connectivity index (χ0v) is 48.7. The second-order valence-corrected chi connectivity index (χ2v) is 21.6. The Balaban J connectivity index is 1.18. The van der Waals surface area contributed by atoms with Crippen molar-refractivity contribution in [1.82, 2.24) is 0 Å². The minimum absolute atomic E-state index is 0.149. The largest absolute Gasteiger partial charge is 0.497 e. The molecule has 4 nitrogen and oxygen atoms in total. The summed E-state index contributed by atoms with van der Waals surface area (Å²) < 4.78 is 23.3. The van der Waals surface area contributed by atoms with E-state index in [0.717, 1.165) is 112 Å². The highest BCUT2D eigenvalue weighted by Crippen LogP contribution is 2.62. The highest BCUT2D eigenvalue weighted by atomic mass is 16.5. The number of ether oxygens (including phenoxy) is 4. The maximum Gasteiger partial charge on any atom is 0.118 e. The zero-order valence-electron chi connectivity index (χ0n) is 48.7. The maximum atomic E-state index is 5.85. The van der Waals surface area contributed by atoms with E-state index in [2.05, 4.69) is 303 Å². The van der Waals surface area contributed by atoms with Crippen LogP contribution < -0.4 is 18.9 Å². The maximum absolute atomic E-state index is 5.85. The van der Waals surface area contributed by atoms with Crippen molar-refractivity contribution in [2.45, 2.75) is 11.8 Å². The molecule has 1 aliphatic carbocycles. The Morgan fingerprint density at radius 1 is 0.186 bits per heavy atom. The number of rotatable bonds is 16. The lowest BCUT2D eigenvalue weighted by Gasteiger charge is -2.41. The van der Waals surface area contributed by atoms with E-state index < -0.39 is 0 Å². The van der Waals surface area contributed by atoms with E-state index in [1.807, 2.05) is 0 Å². The molecule has 12 aromatic carbocycles. The van der Waals surface area contributed by atoms with Gasteiger partial charge in [0.1, 0.15) is 23.0 Å². The summed E-state index contributed by atoms with van der Waals surface area (Å²) in [5.41, 5.74) is 25.0. The van der Waals surface area contributed by atoms with Gasteiger partial charge >= 0.3 is 0 Å². The van der Waals surface area contributed by atoms with E-state index >= 15 is 0 Å². The SMILES string of the molecule is COc1ccc(-c2c(-c3ccccc3)c(-c3ccccc3)c(-c3ccc(C4=C(c5ccccc5)C(c5ccc(OC)cc5)C(c5ccc(OC)cc5)C(c5ccccc5)=C4c4ccccc4)cc3)c(-c3ccccc3)c2-c2ccc(OC)cc2)cc1. The molecule has 1 aliphatic rings. The summed E-state index contributed by atoms with van der Waals surface area (Å²) in [6, 6.07) is 110. The summed E-state index contributed by atoms with van der Waals surface area (Å²) >= 11 is 0. The van der Waals surface area contributed by atoms with Crippen LogP contribution in [-0.4, -0.2) is 28.4 Å². The second kappa shape index (κ2) is 24.6. The Bertz CT molecular complexity index is 4330. The molecule has 0 amide bonds. The Morgan fingerprint density at radius 2 is 0.372 bits per heavy atom. The molecule has 0 aliphatic heterocycles. The zero-order chi connectivity index (χ0) is 58.3.